The monoisotopic (exact) mass is 446 g/mol. The molecule has 3 rings (SSSR count). The van der Waals surface area contributed by atoms with Crippen molar-refractivity contribution in [2.75, 3.05) is 52.4 Å². The van der Waals surface area contributed by atoms with E-state index in [0.29, 0.717) is 12.1 Å². The average molecular weight is 448 g/mol. The van der Waals surface area contributed by atoms with Gasteiger partial charge in [-0.2, -0.15) is 0 Å². The first-order valence-corrected chi connectivity index (χ1v) is 9.64. The molecule has 2 heterocycles. The van der Waals surface area contributed by atoms with Crippen LogP contribution in [-0.4, -0.2) is 90.7 Å². The number of morpholine rings is 1. The van der Waals surface area contributed by atoms with Crippen LogP contribution in [0, 0.1) is 0 Å². The minimum atomic E-state index is -0.577. The van der Waals surface area contributed by atoms with Crippen LogP contribution in [0.1, 0.15) is 39.5 Å². The van der Waals surface area contributed by atoms with E-state index in [1.807, 2.05) is 4.90 Å². The van der Waals surface area contributed by atoms with Crippen LogP contribution in [0.25, 0.3) is 0 Å². The van der Waals surface area contributed by atoms with Gasteiger partial charge in [0.25, 0.3) is 0 Å². The van der Waals surface area contributed by atoms with Crippen molar-refractivity contribution in [1.29, 1.82) is 0 Å². The van der Waals surface area contributed by atoms with Crippen molar-refractivity contribution < 1.29 is 9.53 Å². The predicted octanol–water partition coefficient (Wildman–Crippen LogP) is 1.78. The number of piperazine rings is 1. The molecule has 27 heavy (non-hydrogen) atoms. The highest BCUT2D eigenvalue weighted by Crippen LogP contribution is 2.29. The lowest BCUT2D eigenvalue weighted by molar-refractivity contribution is -0.139. The van der Waals surface area contributed by atoms with Crippen molar-refractivity contribution in [2.45, 2.75) is 57.2 Å². The first kappa shape index (κ1) is 27.2. The molecule has 1 saturated carbocycles. The number of nitrogens with two attached hydrogens (primary N) is 1. The summed E-state index contributed by atoms with van der Waals surface area (Å²) in [4.78, 5) is 19.6. The fourth-order valence-corrected chi connectivity index (χ4v) is 4.28. The van der Waals surface area contributed by atoms with E-state index in [4.69, 9.17) is 10.5 Å². The van der Waals surface area contributed by atoms with Gasteiger partial charge in [-0.15, -0.1) is 37.2 Å². The van der Waals surface area contributed by atoms with Crippen LogP contribution in [0.15, 0.2) is 0 Å². The number of ether oxygens (including phenoxy) is 1. The Balaban J connectivity index is 0.00000225. The van der Waals surface area contributed by atoms with E-state index < -0.39 is 5.54 Å². The fourth-order valence-electron chi connectivity index (χ4n) is 4.28. The maximum atomic E-state index is 12.7. The molecule has 0 aromatic rings. The Kier molecular flexibility index (Phi) is 12.1. The number of halogens is 3. The summed E-state index contributed by atoms with van der Waals surface area (Å²) in [7, 11) is 0. The quantitative estimate of drug-likeness (QED) is 0.712. The number of nitrogens with zero attached hydrogens (tertiary/aromatic N) is 3. The molecule has 6 nitrogen and oxygen atoms in total. The molecular formula is C18H37Cl3N4O2. The van der Waals surface area contributed by atoms with Crippen molar-refractivity contribution in [1.82, 2.24) is 14.7 Å². The Labute approximate surface area is 182 Å². The second kappa shape index (κ2) is 12.0. The van der Waals surface area contributed by atoms with E-state index in [2.05, 4.69) is 23.6 Å². The maximum absolute atomic E-state index is 12.7. The van der Waals surface area contributed by atoms with Crippen LogP contribution in [0.5, 0.6) is 0 Å². The first-order valence-electron chi connectivity index (χ1n) is 9.64. The van der Waals surface area contributed by atoms with Crippen LogP contribution in [0.3, 0.4) is 0 Å². The molecule has 1 aliphatic carbocycles. The van der Waals surface area contributed by atoms with Crippen molar-refractivity contribution in [2.24, 2.45) is 5.73 Å². The number of rotatable bonds is 4. The first-order chi connectivity index (χ1) is 11.5. The molecule has 3 aliphatic rings. The second-order valence-electron chi connectivity index (χ2n) is 8.04. The lowest BCUT2D eigenvalue weighted by Gasteiger charge is -2.41. The Morgan fingerprint density at radius 3 is 2.22 bits per heavy atom. The van der Waals surface area contributed by atoms with Gasteiger partial charge in [-0.05, 0) is 26.7 Å². The summed E-state index contributed by atoms with van der Waals surface area (Å²) >= 11 is 0. The zero-order valence-electron chi connectivity index (χ0n) is 16.6. The van der Waals surface area contributed by atoms with Gasteiger partial charge in [-0.25, -0.2) is 0 Å². The standard InChI is InChI=1S/C18H34N4O2.3ClH/c1-15(2)22-11-12-24-16(14-22)13-20-7-9-21(10-8-20)17(23)18(19)5-3-4-6-18;;;/h15-16H,3-14,19H2,1-2H3;3*1H. The van der Waals surface area contributed by atoms with E-state index in [1.54, 1.807) is 0 Å². The van der Waals surface area contributed by atoms with E-state index in [9.17, 15) is 4.79 Å². The number of carbonyl (C=O) groups excluding carboxylic acids is 1. The summed E-state index contributed by atoms with van der Waals surface area (Å²) in [6.07, 6.45) is 4.18. The Morgan fingerprint density at radius 1 is 1.07 bits per heavy atom. The van der Waals surface area contributed by atoms with Crippen LogP contribution < -0.4 is 5.73 Å². The highest BCUT2D eigenvalue weighted by molar-refractivity contribution is 5.86. The third-order valence-corrected chi connectivity index (χ3v) is 5.94. The lowest BCUT2D eigenvalue weighted by atomic mass is 9.97. The molecule has 1 atom stereocenters. The molecule has 0 bridgehead atoms. The SMILES string of the molecule is CC(C)N1CCOC(CN2CCN(C(=O)C3(N)CCCC3)CC2)C1.Cl.Cl.Cl. The maximum Gasteiger partial charge on any atom is 0.242 e. The molecule has 9 heteroatoms. The Bertz CT molecular complexity index is 442. The van der Waals surface area contributed by atoms with Crippen molar-refractivity contribution in [3.8, 4) is 0 Å². The molecule has 0 aromatic heterocycles. The van der Waals surface area contributed by atoms with Crippen molar-refractivity contribution in [3.05, 3.63) is 0 Å². The van der Waals surface area contributed by atoms with Crippen molar-refractivity contribution >= 4 is 43.1 Å². The lowest BCUT2D eigenvalue weighted by Crippen LogP contribution is -2.59. The van der Waals surface area contributed by atoms with Gasteiger partial charge in [0.2, 0.25) is 5.91 Å². The molecular weight excluding hydrogens is 411 g/mol. The van der Waals surface area contributed by atoms with Crippen LogP contribution in [0.2, 0.25) is 0 Å². The van der Waals surface area contributed by atoms with Gasteiger partial charge in [0.05, 0.1) is 18.2 Å². The summed E-state index contributed by atoms with van der Waals surface area (Å²) in [5, 5.41) is 0. The van der Waals surface area contributed by atoms with Gasteiger partial charge in [-0.3, -0.25) is 14.6 Å². The number of carbonyl (C=O) groups is 1. The van der Waals surface area contributed by atoms with E-state index >= 15 is 0 Å². The topological polar surface area (TPSA) is 62.0 Å². The zero-order valence-corrected chi connectivity index (χ0v) is 19.0. The zero-order chi connectivity index (χ0) is 17.2. The molecule has 1 unspecified atom stereocenters. The molecule has 0 radical (unpaired) electrons. The van der Waals surface area contributed by atoms with E-state index in [1.165, 1.54) is 0 Å². The summed E-state index contributed by atoms with van der Waals surface area (Å²) < 4.78 is 5.95. The fraction of sp³-hybridized carbons (Fsp3) is 0.944. The third kappa shape index (κ3) is 6.88. The Hall–Kier alpha value is 0.180. The van der Waals surface area contributed by atoms with Crippen LogP contribution >= 0.6 is 37.2 Å². The third-order valence-electron chi connectivity index (χ3n) is 5.94. The van der Waals surface area contributed by atoms with Gasteiger partial charge in [-0.1, -0.05) is 12.8 Å². The summed E-state index contributed by atoms with van der Waals surface area (Å²) in [5.41, 5.74) is 5.75. The van der Waals surface area contributed by atoms with Crippen LogP contribution in [0.4, 0.5) is 0 Å². The molecule has 2 saturated heterocycles. The normalized spacial score (nSPS) is 26.1. The van der Waals surface area contributed by atoms with Crippen LogP contribution in [-0.2, 0) is 9.53 Å². The average Bonchev–Trinajstić information content (AvgIpc) is 3.03. The van der Waals surface area contributed by atoms with Gasteiger partial charge in [0, 0.05) is 51.9 Å². The van der Waals surface area contributed by atoms with Gasteiger partial charge >= 0.3 is 0 Å². The highest BCUT2D eigenvalue weighted by atomic mass is 35.5. The molecule has 0 spiro atoms. The molecule has 2 aliphatic heterocycles. The van der Waals surface area contributed by atoms with Crippen molar-refractivity contribution in [3.63, 3.8) is 0 Å². The predicted molar refractivity (Wildman–Crippen MR) is 117 cm³/mol. The molecule has 3 fully saturated rings. The highest BCUT2D eigenvalue weighted by Gasteiger charge is 2.40. The Morgan fingerprint density at radius 2 is 1.67 bits per heavy atom. The van der Waals surface area contributed by atoms with E-state index in [-0.39, 0.29) is 43.1 Å². The van der Waals surface area contributed by atoms with Gasteiger partial charge < -0.3 is 15.4 Å². The summed E-state index contributed by atoms with van der Waals surface area (Å²) in [6.45, 7) is 11.8. The smallest absolute Gasteiger partial charge is 0.242 e. The summed E-state index contributed by atoms with van der Waals surface area (Å²) in [5.74, 6) is 0.180. The largest absolute Gasteiger partial charge is 0.374 e. The number of hydrogen-bond acceptors (Lipinski definition) is 5. The summed E-state index contributed by atoms with van der Waals surface area (Å²) in [6, 6.07) is 0.582. The molecule has 1 amide bonds. The number of amides is 1. The minimum absolute atomic E-state index is 0. The van der Waals surface area contributed by atoms with E-state index in [0.717, 1.165) is 78.1 Å². The molecule has 162 valence electrons. The second-order valence-corrected chi connectivity index (χ2v) is 8.04. The number of hydrogen-bond donors (Lipinski definition) is 1. The van der Waals surface area contributed by atoms with Gasteiger partial charge in [0.15, 0.2) is 0 Å². The molecule has 0 aromatic carbocycles. The van der Waals surface area contributed by atoms with Gasteiger partial charge in [0.1, 0.15) is 0 Å². The molecule has 2 N–H and O–H groups in total. The minimum Gasteiger partial charge on any atom is -0.374 e.